The number of alkyl halides is 3. The number of nitrogens with zero attached hydrogens (tertiary/aromatic N) is 5. The number of anilines is 1. The summed E-state index contributed by atoms with van der Waals surface area (Å²) in [5.74, 6) is 1.43. The molecule has 0 bridgehead atoms. The number of carbonyl (C=O) groups excluding carboxylic acids is 1. The lowest BCUT2D eigenvalue weighted by molar-refractivity contribution is -0.274. The summed E-state index contributed by atoms with van der Waals surface area (Å²) in [6.07, 6.45) is -2.82. The fraction of sp³-hybridized carbons (Fsp3) is 0.353. The Bertz CT molecular complexity index is 1730. The molecule has 3 aromatic carbocycles. The Balaban J connectivity index is 1.13. The predicted molar refractivity (Wildman–Crippen MR) is 179 cm³/mol. The Morgan fingerprint density at radius 2 is 1.75 bits per heavy atom. The van der Waals surface area contributed by atoms with Crippen LogP contribution in [0.5, 0.6) is 11.5 Å². The van der Waals surface area contributed by atoms with Crippen LogP contribution in [-0.2, 0) is 11.2 Å². The zero-order valence-electron chi connectivity index (χ0n) is 26.9. The highest BCUT2D eigenvalue weighted by molar-refractivity contribution is 8.15. The Labute approximate surface area is 281 Å². The normalized spacial score (nSPS) is 15.7. The van der Waals surface area contributed by atoms with Gasteiger partial charge in [-0.3, -0.25) is 15.0 Å². The number of aromatic nitrogens is 3. The molecule has 1 aromatic heterocycles. The quantitative estimate of drug-likeness (QED) is 0.153. The van der Waals surface area contributed by atoms with E-state index in [4.69, 9.17) is 4.74 Å². The maximum absolute atomic E-state index is 12.9. The number of amides is 1. The van der Waals surface area contributed by atoms with Gasteiger partial charge in [0.1, 0.15) is 17.8 Å². The molecule has 48 heavy (non-hydrogen) atoms. The first kappa shape index (κ1) is 34.9. The second-order valence-electron chi connectivity index (χ2n) is 11.7. The fourth-order valence-electron chi connectivity index (χ4n) is 5.25. The number of ether oxygens (including phenoxy) is 2. The summed E-state index contributed by atoms with van der Waals surface area (Å²) in [5.41, 5.74) is 4.17. The van der Waals surface area contributed by atoms with Gasteiger partial charge in [-0.25, -0.2) is 14.7 Å². The van der Waals surface area contributed by atoms with Crippen LogP contribution in [0.4, 0.5) is 18.9 Å². The van der Waals surface area contributed by atoms with Gasteiger partial charge in [0.05, 0.1) is 24.2 Å². The average Bonchev–Trinajstić information content (AvgIpc) is 3.67. The van der Waals surface area contributed by atoms with Crippen LogP contribution in [0.3, 0.4) is 0 Å². The van der Waals surface area contributed by atoms with Crippen molar-refractivity contribution in [3.8, 4) is 28.6 Å². The number of benzene rings is 3. The van der Waals surface area contributed by atoms with E-state index in [1.807, 2.05) is 42.5 Å². The number of amidine groups is 1. The number of thioether (sulfide) groups is 1. The number of hydrogen-bond acceptors (Lipinski definition) is 9. The number of nitrogens with one attached hydrogen (secondary N) is 1. The molecule has 1 fully saturated rings. The van der Waals surface area contributed by atoms with Crippen LogP contribution in [0.2, 0.25) is 0 Å². The summed E-state index contributed by atoms with van der Waals surface area (Å²) >= 11 is 1.30. The highest BCUT2D eigenvalue weighted by Gasteiger charge is 2.33. The van der Waals surface area contributed by atoms with Crippen molar-refractivity contribution in [3.05, 3.63) is 84.2 Å². The van der Waals surface area contributed by atoms with Crippen LogP contribution in [0.1, 0.15) is 44.2 Å². The molecule has 14 heteroatoms. The molecule has 0 saturated carbocycles. The molecule has 2 unspecified atom stereocenters. The van der Waals surface area contributed by atoms with Gasteiger partial charge in [0, 0.05) is 11.6 Å². The molecule has 0 aliphatic carbocycles. The van der Waals surface area contributed by atoms with Gasteiger partial charge in [0.2, 0.25) is 12.3 Å². The standard InChI is InChI=1S/C34H37F3N6O4S/c1-21(2)28-14-13-27(46-4)18-29(28)43-30(44)19-48-33(43)40-32(45)38-16-15-22(3)17-23-5-7-24(8-6-23)31-39-20-42(41-31)25-9-11-26(12-10-25)47-34(35,36)37/h5-14,18,20-22,32,38,45H,15-17,19H2,1-4H3. The van der Waals surface area contributed by atoms with Crippen LogP contribution in [0.15, 0.2) is 78.0 Å². The third-order valence-electron chi connectivity index (χ3n) is 7.69. The summed E-state index contributed by atoms with van der Waals surface area (Å²) in [7, 11) is 1.58. The van der Waals surface area contributed by atoms with Gasteiger partial charge < -0.3 is 14.6 Å². The van der Waals surface area contributed by atoms with Gasteiger partial charge in [-0.05, 0) is 72.7 Å². The van der Waals surface area contributed by atoms with Crippen LogP contribution in [-0.4, -0.2) is 63.1 Å². The Morgan fingerprint density at radius 1 is 1.04 bits per heavy atom. The molecular formula is C34H37F3N6O4S. The number of hydrogen-bond donors (Lipinski definition) is 2. The minimum Gasteiger partial charge on any atom is -0.497 e. The van der Waals surface area contributed by atoms with E-state index in [-0.39, 0.29) is 23.3 Å². The predicted octanol–water partition coefficient (Wildman–Crippen LogP) is 6.54. The number of aliphatic hydroxyl groups is 1. The molecule has 0 spiro atoms. The summed E-state index contributed by atoms with van der Waals surface area (Å²) in [6, 6.07) is 18.9. The Morgan fingerprint density at radius 3 is 2.42 bits per heavy atom. The van der Waals surface area contributed by atoms with Crippen molar-refractivity contribution < 1.29 is 32.5 Å². The third-order valence-corrected chi connectivity index (χ3v) is 8.62. The molecule has 10 nitrogen and oxygen atoms in total. The molecule has 2 atom stereocenters. The highest BCUT2D eigenvalue weighted by atomic mass is 32.2. The minimum absolute atomic E-state index is 0.0991. The van der Waals surface area contributed by atoms with Gasteiger partial charge in [0.25, 0.3) is 0 Å². The number of aliphatic hydroxyl groups excluding tert-OH is 1. The first-order valence-corrected chi connectivity index (χ1v) is 16.4. The number of halogens is 3. The first-order chi connectivity index (χ1) is 22.9. The Kier molecular flexibility index (Phi) is 11.1. The van der Waals surface area contributed by atoms with Gasteiger partial charge in [0.15, 0.2) is 11.0 Å². The monoisotopic (exact) mass is 682 g/mol. The van der Waals surface area contributed by atoms with Crippen molar-refractivity contribution in [1.29, 1.82) is 0 Å². The van der Waals surface area contributed by atoms with Gasteiger partial charge in [-0.15, -0.1) is 18.3 Å². The van der Waals surface area contributed by atoms with E-state index in [1.54, 1.807) is 12.0 Å². The molecule has 0 radical (unpaired) electrons. The van der Waals surface area contributed by atoms with E-state index in [2.05, 4.69) is 45.9 Å². The van der Waals surface area contributed by atoms with E-state index < -0.39 is 12.7 Å². The summed E-state index contributed by atoms with van der Waals surface area (Å²) in [5, 5.41) is 18.6. The largest absolute Gasteiger partial charge is 0.573 e. The van der Waals surface area contributed by atoms with Crippen molar-refractivity contribution in [2.45, 2.75) is 52.2 Å². The smallest absolute Gasteiger partial charge is 0.497 e. The van der Waals surface area contributed by atoms with Crippen LogP contribution >= 0.6 is 11.8 Å². The van der Waals surface area contributed by atoms with Crippen molar-refractivity contribution in [2.75, 3.05) is 24.3 Å². The number of aliphatic imine (C=N–C) groups is 1. The molecule has 2 N–H and O–H groups in total. The zero-order valence-corrected chi connectivity index (χ0v) is 27.8. The lowest BCUT2D eigenvalue weighted by atomic mass is 9.97. The molecular weight excluding hydrogens is 645 g/mol. The number of rotatable bonds is 13. The van der Waals surface area contributed by atoms with E-state index >= 15 is 0 Å². The Hall–Kier alpha value is -4.40. The van der Waals surface area contributed by atoms with Crippen molar-refractivity contribution in [1.82, 2.24) is 20.1 Å². The van der Waals surface area contributed by atoms with E-state index in [1.165, 1.54) is 47.0 Å². The molecule has 254 valence electrons. The topological polar surface area (TPSA) is 114 Å². The van der Waals surface area contributed by atoms with Crippen molar-refractivity contribution in [3.63, 3.8) is 0 Å². The second kappa shape index (κ2) is 15.2. The van der Waals surface area contributed by atoms with Crippen molar-refractivity contribution >= 4 is 28.5 Å². The molecule has 1 aliphatic heterocycles. The van der Waals surface area contributed by atoms with Crippen LogP contribution in [0.25, 0.3) is 17.1 Å². The highest BCUT2D eigenvalue weighted by Crippen LogP contribution is 2.36. The number of methoxy groups -OCH3 is 1. The lowest BCUT2D eigenvalue weighted by Crippen LogP contribution is -2.35. The van der Waals surface area contributed by atoms with Crippen LogP contribution < -0.4 is 19.7 Å². The summed E-state index contributed by atoms with van der Waals surface area (Å²) in [6.45, 7) is 6.77. The SMILES string of the molecule is COc1ccc(C(C)C)c(N2C(=O)CSC2=NC(O)NCCC(C)Cc2ccc(-c3ncn(-c4ccc(OC(F)(F)F)cc4)n3)cc2)c1. The molecule has 1 saturated heterocycles. The third kappa shape index (κ3) is 8.94. The van der Waals surface area contributed by atoms with Crippen molar-refractivity contribution in [2.24, 2.45) is 10.9 Å². The van der Waals surface area contributed by atoms with E-state index in [0.717, 1.165) is 29.5 Å². The summed E-state index contributed by atoms with van der Waals surface area (Å²) in [4.78, 5) is 23.2. The average molecular weight is 683 g/mol. The van der Waals surface area contributed by atoms with E-state index in [9.17, 15) is 23.1 Å². The molecule has 1 aliphatic rings. The van der Waals surface area contributed by atoms with Gasteiger partial charge in [-0.2, -0.15) is 0 Å². The fourth-order valence-corrected chi connectivity index (χ4v) is 6.14. The first-order valence-electron chi connectivity index (χ1n) is 15.4. The molecule has 5 rings (SSSR count). The van der Waals surface area contributed by atoms with Gasteiger partial charge in [-0.1, -0.05) is 62.9 Å². The summed E-state index contributed by atoms with van der Waals surface area (Å²) < 4.78 is 48.1. The van der Waals surface area contributed by atoms with Crippen LogP contribution in [0, 0.1) is 5.92 Å². The maximum atomic E-state index is 12.9. The van der Waals surface area contributed by atoms with Gasteiger partial charge >= 0.3 is 6.36 Å². The number of carbonyl (C=O) groups is 1. The second-order valence-corrected chi connectivity index (χ2v) is 12.6. The molecule has 1 amide bonds. The zero-order chi connectivity index (χ0) is 34.4. The maximum Gasteiger partial charge on any atom is 0.573 e. The minimum atomic E-state index is -4.75. The lowest BCUT2D eigenvalue weighted by Gasteiger charge is -2.23. The molecule has 2 heterocycles. The molecule has 4 aromatic rings. The van der Waals surface area contributed by atoms with E-state index in [0.29, 0.717) is 40.6 Å².